The summed E-state index contributed by atoms with van der Waals surface area (Å²) in [6.07, 6.45) is 0. The number of aliphatic imine (C=N–C) groups is 1. The first-order valence-corrected chi connectivity index (χ1v) is 4.63. The number of aryl methyl sites for hydroxylation is 1. The summed E-state index contributed by atoms with van der Waals surface area (Å²) in [5, 5.41) is 3.37. The Morgan fingerprint density at radius 3 is 3.00 bits per heavy atom. The molecule has 1 aliphatic rings. The molecule has 0 radical (unpaired) electrons. The van der Waals surface area contributed by atoms with Crippen LogP contribution in [0.15, 0.2) is 23.2 Å². The number of rotatable bonds is 0. The first kappa shape index (κ1) is 8.30. The Balaban J connectivity index is 2.54. The molecule has 0 unspecified atom stereocenters. The zero-order chi connectivity index (χ0) is 9.26. The van der Waals surface area contributed by atoms with E-state index in [0.29, 0.717) is 0 Å². The maximum absolute atomic E-state index is 4.46. The van der Waals surface area contributed by atoms with E-state index < -0.39 is 0 Å². The predicted molar refractivity (Wildman–Crippen MR) is 56.7 cm³/mol. The molecule has 1 aromatic carbocycles. The molecule has 13 heavy (non-hydrogen) atoms. The molecule has 0 spiro atoms. The van der Waals surface area contributed by atoms with Crippen molar-refractivity contribution in [2.75, 3.05) is 18.4 Å². The molecule has 1 aromatic rings. The second-order valence-electron chi connectivity index (χ2n) is 3.44. The van der Waals surface area contributed by atoms with Gasteiger partial charge >= 0.3 is 0 Å². The van der Waals surface area contributed by atoms with E-state index in [1.165, 1.54) is 16.8 Å². The van der Waals surface area contributed by atoms with Crippen LogP contribution in [0.4, 0.5) is 5.69 Å². The van der Waals surface area contributed by atoms with E-state index in [2.05, 4.69) is 42.4 Å². The van der Waals surface area contributed by atoms with Gasteiger partial charge in [-0.25, -0.2) is 0 Å². The Bertz CT molecular complexity index is 353. The first-order chi connectivity index (χ1) is 6.27. The summed E-state index contributed by atoms with van der Waals surface area (Å²) < 4.78 is 0. The van der Waals surface area contributed by atoms with Crippen LogP contribution in [0.1, 0.15) is 18.1 Å². The standard InChI is InChI=1S/C11H14N2/c1-8-3-4-11-10(7-8)9(2)12-5-6-13-11/h3-4,7,13H,5-6H2,1-2H3. The number of anilines is 1. The molecule has 2 heteroatoms. The van der Waals surface area contributed by atoms with Crippen molar-refractivity contribution in [3.8, 4) is 0 Å². The Morgan fingerprint density at radius 2 is 2.15 bits per heavy atom. The SMILES string of the molecule is CC1=NCCNc2ccc(C)cc21. The monoisotopic (exact) mass is 174 g/mol. The average molecular weight is 174 g/mol. The Morgan fingerprint density at radius 1 is 1.31 bits per heavy atom. The van der Waals surface area contributed by atoms with Crippen LogP contribution in [0, 0.1) is 6.92 Å². The lowest BCUT2D eigenvalue weighted by molar-refractivity contribution is 1.03. The zero-order valence-corrected chi connectivity index (χ0v) is 8.09. The normalized spacial score (nSPS) is 15.4. The molecule has 0 amide bonds. The van der Waals surface area contributed by atoms with Crippen molar-refractivity contribution in [3.05, 3.63) is 29.3 Å². The van der Waals surface area contributed by atoms with E-state index in [1.54, 1.807) is 0 Å². The van der Waals surface area contributed by atoms with E-state index in [1.807, 2.05) is 0 Å². The molecule has 0 atom stereocenters. The van der Waals surface area contributed by atoms with Crippen molar-refractivity contribution in [2.45, 2.75) is 13.8 Å². The largest absolute Gasteiger partial charge is 0.383 e. The third-order valence-corrected chi connectivity index (χ3v) is 2.34. The van der Waals surface area contributed by atoms with Gasteiger partial charge in [-0.05, 0) is 26.0 Å². The third-order valence-electron chi connectivity index (χ3n) is 2.34. The van der Waals surface area contributed by atoms with Crippen LogP contribution in [0.25, 0.3) is 0 Å². The molecule has 2 rings (SSSR count). The highest BCUT2D eigenvalue weighted by atomic mass is 14.9. The number of fused-ring (bicyclic) bond motifs is 1. The van der Waals surface area contributed by atoms with E-state index in [-0.39, 0.29) is 0 Å². The predicted octanol–water partition coefficient (Wildman–Crippen LogP) is 2.23. The summed E-state index contributed by atoms with van der Waals surface area (Å²) in [5.74, 6) is 0. The fourth-order valence-electron chi connectivity index (χ4n) is 1.61. The van der Waals surface area contributed by atoms with Gasteiger partial charge in [-0.3, -0.25) is 4.99 Å². The van der Waals surface area contributed by atoms with Gasteiger partial charge in [0.15, 0.2) is 0 Å². The molecule has 68 valence electrons. The van der Waals surface area contributed by atoms with Crippen LogP contribution < -0.4 is 5.32 Å². The topological polar surface area (TPSA) is 24.4 Å². The first-order valence-electron chi connectivity index (χ1n) is 4.63. The highest BCUT2D eigenvalue weighted by Gasteiger charge is 2.07. The molecular formula is C11H14N2. The van der Waals surface area contributed by atoms with Crippen molar-refractivity contribution < 1.29 is 0 Å². The Labute approximate surface area is 78.7 Å². The van der Waals surface area contributed by atoms with Gasteiger partial charge < -0.3 is 5.32 Å². The lowest BCUT2D eigenvalue weighted by Gasteiger charge is -2.08. The molecule has 0 aromatic heterocycles. The minimum Gasteiger partial charge on any atom is -0.383 e. The van der Waals surface area contributed by atoms with Crippen molar-refractivity contribution in [1.82, 2.24) is 0 Å². The Kier molecular flexibility index (Phi) is 2.05. The Hall–Kier alpha value is -1.31. The summed E-state index contributed by atoms with van der Waals surface area (Å²) in [6, 6.07) is 6.45. The molecule has 0 bridgehead atoms. The highest BCUT2D eigenvalue weighted by Crippen LogP contribution is 2.19. The minimum atomic E-state index is 0.875. The smallest absolute Gasteiger partial charge is 0.0565 e. The van der Waals surface area contributed by atoms with Gasteiger partial charge in [-0.1, -0.05) is 11.6 Å². The van der Waals surface area contributed by atoms with Crippen LogP contribution in [-0.2, 0) is 0 Å². The van der Waals surface area contributed by atoms with Gasteiger partial charge in [0, 0.05) is 23.5 Å². The zero-order valence-electron chi connectivity index (χ0n) is 8.09. The summed E-state index contributed by atoms with van der Waals surface area (Å²) in [4.78, 5) is 4.46. The summed E-state index contributed by atoms with van der Waals surface area (Å²) in [7, 11) is 0. The maximum atomic E-state index is 4.46. The molecule has 1 N–H and O–H groups in total. The van der Waals surface area contributed by atoms with Crippen LogP contribution in [-0.4, -0.2) is 18.8 Å². The second-order valence-corrected chi connectivity index (χ2v) is 3.44. The summed E-state index contributed by atoms with van der Waals surface area (Å²) in [5.41, 5.74) is 4.89. The molecule has 0 saturated carbocycles. The molecule has 1 aliphatic heterocycles. The van der Waals surface area contributed by atoms with E-state index >= 15 is 0 Å². The van der Waals surface area contributed by atoms with Gasteiger partial charge in [0.2, 0.25) is 0 Å². The van der Waals surface area contributed by atoms with Gasteiger partial charge in [-0.15, -0.1) is 0 Å². The van der Waals surface area contributed by atoms with Gasteiger partial charge in [0.05, 0.1) is 6.54 Å². The second kappa shape index (κ2) is 3.21. The van der Waals surface area contributed by atoms with Crippen LogP contribution in [0.5, 0.6) is 0 Å². The van der Waals surface area contributed by atoms with E-state index in [4.69, 9.17) is 0 Å². The molecule has 0 saturated heterocycles. The molecule has 0 aliphatic carbocycles. The fourth-order valence-corrected chi connectivity index (χ4v) is 1.61. The molecule has 2 nitrogen and oxygen atoms in total. The van der Waals surface area contributed by atoms with Crippen molar-refractivity contribution in [3.63, 3.8) is 0 Å². The fraction of sp³-hybridized carbons (Fsp3) is 0.364. The van der Waals surface area contributed by atoms with Crippen LogP contribution in [0.2, 0.25) is 0 Å². The van der Waals surface area contributed by atoms with Gasteiger partial charge in [0.25, 0.3) is 0 Å². The van der Waals surface area contributed by atoms with Gasteiger partial charge in [0.1, 0.15) is 0 Å². The van der Waals surface area contributed by atoms with E-state index in [0.717, 1.165) is 18.8 Å². The number of hydrogen-bond acceptors (Lipinski definition) is 2. The third kappa shape index (κ3) is 1.57. The van der Waals surface area contributed by atoms with E-state index in [9.17, 15) is 0 Å². The van der Waals surface area contributed by atoms with Crippen molar-refractivity contribution in [1.29, 1.82) is 0 Å². The highest BCUT2D eigenvalue weighted by molar-refractivity contribution is 6.04. The van der Waals surface area contributed by atoms with Crippen LogP contribution in [0.3, 0.4) is 0 Å². The van der Waals surface area contributed by atoms with Crippen molar-refractivity contribution in [2.24, 2.45) is 4.99 Å². The number of hydrogen-bond donors (Lipinski definition) is 1. The number of nitrogens with one attached hydrogen (secondary N) is 1. The van der Waals surface area contributed by atoms with Crippen LogP contribution >= 0.6 is 0 Å². The summed E-state index contributed by atoms with van der Waals surface area (Å²) >= 11 is 0. The molecule has 0 fully saturated rings. The summed E-state index contributed by atoms with van der Waals surface area (Å²) in [6.45, 7) is 6.00. The van der Waals surface area contributed by atoms with Gasteiger partial charge in [-0.2, -0.15) is 0 Å². The minimum absolute atomic E-state index is 0.875. The van der Waals surface area contributed by atoms with Crippen molar-refractivity contribution >= 4 is 11.4 Å². The number of nitrogens with zero attached hydrogens (tertiary/aromatic N) is 1. The molecular weight excluding hydrogens is 160 g/mol. The maximum Gasteiger partial charge on any atom is 0.0565 e. The average Bonchev–Trinajstić information content (AvgIpc) is 2.29. The number of benzene rings is 1. The lowest BCUT2D eigenvalue weighted by atomic mass is 10.1. The quantitative estimate of drug-likeness (QED) is 0.640. The molecule has 1 heterocycles. The lowest BCUT2D eigenvalue weighted by Crippen LogP contribution is -2.03. The number of benzodiazepines with no additional fused rings is 1.